The Bertz CT molecular complexity index is 1540. The van der Waals surface area contributed by atoms with E-state index in [9.17, 15) is 9.59 Å². The monoisotopic (exact) mass is 504 g/mol. The van der Waals surface area contributed by atoms with Crippen LogP contribution in [0.15, 0.2) is 107 Å². The van der Waals surface area contributed by atoms with Gasteiger partial charge in [-0.3, -0.25) is 14.5 Å². The maximum absolute atomic E-state index is 14.4. The van der Waals surface area contributed by atoms with E-state index in [2.05, 4.69) is 5.32 Å². The Morgan fingerprint density at radius 3 is 2.47 bits per heavy atom. The van der Waals surface area contributed by atoms with Crippen LogP contribution in [0.2, 0.25) is 0 Å². The van der Waals surface area contributed by atoms with Crippen LogP contribution in [0.3, 0.4) is 0 Å². The maximum Gasteiger partial charge on any atom is 0.259 e. The number of anilines is 2. The number of hydrogen-bond donors (Lipinski definition) is 1. The summed E-state index contributed by atoms with van der Waals surface area (Å²) in [7, 11) is 1.61. The highest BCUT2D eigenvalue weighted by Gasteiger charge is 2.43. The van der Waals surface area contributed by atoms with Crippen LogP contribution < -0.4 is 15.0 Å². The number of methoxy groups -OCH3 is 1. The standard InChI is InChI=1S/C32H28N2O4/c1-20-13-15-21(16-14-20)32(36)34-26-10-5-4-9-24(26)33-25-18-22(28-12-7-17-38-28)19-27(35)30(25)31(34)23-8-3-6-11-29(23)37-2/h3-17,22,31,33H,18-19H2,1-2H3/t22-,31-/m0/s1. The fraction of sp³-hybridized carbons (Fsp3) is 0.188. The number of furan rings is 1. The van der Waals surface area contributed by atoms with Gasteiger partial charge in [0.2, 0.25) is 0 Å². The van der Waals surface area contributed by atoms with Crippen molar-refractivity contribution in [3.8, 4) is 5.75 Å². The zero-order valence-corrected chi connectivity index (χ0v) is 21.3. The average Bonchev–Trinajstić information content (AvgIpc) is 3.43. The second-order valence-electron chi connectivity index (χ2n) is 9.76. The number of allylic oxidation sites excluding steroid dienone is 1. The van der Waals surface area contributed by atoms with Gasteiger partial charge in [-0.1, -0.05) is 48.0 Å². The smallest absolute Gasteiger partial charge is 0.259 e. The molecule has 1 aromatic heterocycles. The van der Waals surface area contributed by atoms with Gasteiger partial charge in [0.25, 0.3) is 5.91 Å². The van der Waals surface area contributed by atoms with E-state index in [1.54, 1.807) is 18.3 Å². The van der Waals surface area contributed by atoms with Crippen molar-refractivity contribution in [2.75, 3.05) is 17.3 Å². The van der Waals surface area contributed by atoms with Crippen molar-refractivity contribution in [2.45, 2.75) is 31.7 Å². The van der Waals surface area contributed by atoms with E-state index < -0.39 is 6.04 Å². The quantitative estimate of drug-likeness (QED) is 0.331. The van der Waals surface area contributed by atoms with E-state index in [1.807, 2.05) is 91.9 Å². The third kappa shape index (κ3) is 4.08. The Hall–Kier alpha value is -4.58. The molecule has 1 aliphatic heterocycles. The third-order valence-electron chi connectivity index (χ3n) is 7.39. The summed E-state index contributed by atoms with van der Waals surface area (Å²) in [4.78, 5) is 30.2. The minimum absolute atomic E-state index is 0.0226. The molecule has 1 N–H and O–H groups in total. The van der Waals surface area contributed by atoms with Crippen LogP contribution in [0.4, 0.5) is 11.4 Å². The largest absolute Gasteiger partial charge is 0.496 e. The molecule has 6 nitrogen and oxygen atoms in total. The molecule has 0 bridgehead atoms. The van der Waals surface area contributed by atoms with E-state index in [0.717, 1.165) is 28.3 Å². The molecule has 0 saturated heterocycles. The van der Waals surface area contributed by atoms with E-state index in [0.29, 0.717) is 35.4 Å². The lowest BCUT2D eigenvalue weighted by Gasteiger charge is -2.35. The second-order valence-corrected chi connectivity index (χ2v) is 9.76. The summed E-state index contributed by atoms with van der Waals surface area (Å²) in [5, 5.41) is 3.55. The summed E-state index contributed by atoms with van der Waals surface area (Å²) >= 11 is 0. The number of amides is 1. The van der Waals surface area contributed by atoms with Gasteiger partial charge in [0, 0.05) is 34.7 Å². The van der Waals surface area contributed by atoms with Gasteiger partial charge in [0.15, 0.2) is 5.78 Å². The molecular weight excluding hydrogens is 476 g/mol. The molecule has 0 unspecified atom stereocenters. The number of ether oxygens (including phenoxy) is 1. The van der Waals surface area contributed by atoms with Crippen LogP contribution in [0.5, 0.6) is 5.75 Å². The number of benzene rings is 3. The summed E-state index contributed by atoms with van der Waals surface area (Å²) < 4.78 is 11.5. The van der Waals surface area contributed by atoms with Gasteiger partial charge in [0.1, 0.15) is 11.5 Å². The zero-order valence-electron chi connectivity index (χ0n) is 21.3. The number of Topliss-reactive ketones (excluding diaryl/α,β-unsaturated/α-hetero) is 1. The predicted molar refractivity (Wildman–Crippen MR) is 147 cm³/mol. The molecule has 38 heavy (non-hydrogen) atoms. The summed E-state index contributed by atoms with van der Waals surface area (Å²) in [6.45, 7) is 1.99. The number of nitrogens with zero attached hydrogens (tertiary/aromatic N) is 1. The Labute approximate surface area is 221 Å². The number of nitrogens with one attached hydrogen (secondary N) is 1. The molecule has 6 rings (SSSR count). The van der Waals surface area contributed by atoms with Crippen molar-refractivity contribution in [2.24, 2.45) is 0 Å². The lowest BCUT2D eigenvalue weighted by molar-refractivity contribution is -0.116. The van der Waals surface area contributed by atoms with Crippen LogP contribution in [0.1, 0.15) is 52.0 Å². The minimum atomic E-state index is -0.684. The van der Waals surface area contributed by atoms with Gasteiger partial charge < -0.3 is 14.5 Å². The summed E-state index contributed by atoms with van der Waals surface area (Å²) in [6.07, 6.45) is 2.52. The first-order valence-electron chi connectivity index (χ1n) is 12.7. The number of fused-ring (bicyclic) bond motifs is 1. The van der Waals surface area contributed by atoms with E-state index in [-0.39, 0.29) is 17.6 Å². The molecule has 0 radical (unpaired) electrons. The highest BCUT2D eigenvalue weighted by Crippen LogP contribution is 2.49. The first-order chi connectivity index (χ1) is 18.5. The van der Waals surface area contributed by atoms with Gasteiger partial charge in [-0.15, -0.1) is 0 Å². The Balaban J connectivity index is 1.60. The van der Waals surface area contributed by atoms with Gasteiger partial charge in [0.05, 0.1) is 30.8 Å². The molecule has 190 valence electrons. The van der Waals surface area contributed by atoms with Gasteiger partial charge in [-0.05, 0) is 55.8 Å². The summed E-state index contributed by atoms with van der Waals surface area (Å²) in [5.41, 5.74) is 5.21. The normalized spacial score (nSPS) is 18.8. The van der Waals surface area contributed by atoms with E-state index in [4.69, 9.17) is 9.15 Å². The van der Waals surface area contributed by atoms with E-state index in [1.165, 1.54) is 0 Å². The molecular formula is C32H28N2O4. The molecule has 2 atom stereocenters. The van der Waals surface area contributed by atoms with Crippen molar-refractivity contribution in [1.29, 1.82) is 0 Å². The number of ketones is 1. The molecule has 0 saturated carbocycles. The number of carbonyl (C=O) groups excluding carboxylic acids is 2. The highest BCUT2D eigenvalue weighted by atomic mass is 16.5. The summed E-state index contributed by atoms with van der Waals surface area (Å²) in [6, 6.07) is 25.9. The first-order valence-corrected chi connectivity index (χ1v) is 12.7. The molecule has 4 aromatic rings. The molecule has 1 aliphatic carbocycles. The van der Waals surface area contributed by atoms with Crippen LogP contribution in [-0.2, 0) is 4.79 Å². The number of aryl methyl sites for hydroxylation is 1. The second kappa shape index (κ2) is 9.71. The lowest BCUT2D eigenvalue weighted by atomic mass is 9.79. The third-order valence-corrected chi connectivity index (χ3v) is 7.39. The molecule has 0 fully saturated rings. The van der Waals surface area contributed by atoms with Crippen molar-refractivity contribution >= 4 is 23.1 Å². The molecule has 0 spiro atoms. The fourth-order valence-corrected chi connectivity index (χ4v) is 5.56. The van der Waals surface area contributed by atoms with Gasteiger partial charge in [-0.2, -0.15) is 0 Å². The van der Waals surface area contributed by atoms with Crippen molar-refractivity contribution in [3.05, 3.63) is 125 Å². The number of para-hydroxylation sites is 3. The number of carbonyl (C=O) groups is 2. The summed E-state index contributed by atoms with van der Waals surface area (Å²) in [5.74, 6) is 1.10. The minimum Gasteiger partial charge on any atom is -0.496 e. The zero-order chi connectivity index (χ0) is 26.2. The van der Waals surface area contributed by atoms with Crippen molar-refractivity contribution in [1.82, 2.24) is 0 Å². The van der Waals surface area contributed by atoms with Crippen LogP contribution in [0.25, 0.3) is 0 Å². The Morgan fingerprint density at radius 1 is 0.947 bits per heavy atom. The lowest BCUT2D eigenvalue weighted by Crippen LogP contribution is -2.38. The SMILES string of the molecule is COc1ccccc1[C@H]1C2=C(C[C@H](c3ccco3)CC2=O)Nc2ccccc2N1C(=O)c1ccc(C)cc1. The van der Waals surface area contributed by atoms with E-state index >= 15 is 0 Å². The maximum atomic E-state index is 14.4. The van der Waals surface area contributed by atoms with Crippen LogP contribution in [-0.4, -0.2) is 18.8 Å². The number of rotatable bonds is 4. The van der Waals surface area contributed by atoms with Crippen molar-refractivity contribution in [3.63, 3.8) is 0 Å². The fourth-order valence-electron chi connectivity index (χ4n) is 5.56. The number of hydrogen-bond acceptors (Lipinski definition) is 5. The highest BCUT2D eigenvalue weighted by molar-refractivity contribution is 6.12. The topological polar surface area (TPSA) is 71.8 Å². The molecule has 2 aliphatic rings. The molecule has 3 aromatic carbocycles. The molecule has 6 heteroatoms. The molecule has 1 amide bonds. The van der Waals surface area contributed by atoms with Gasteiger partial charge in [-0.25, -0.2) is 0 Å². The molecule has 2 heterocycles. The Morgan fingerprint density at radius 2 is 1.71 bits per heavy atom. The van der Waals surface area contributed by atoms with Gasteiger partial charge >= 0.3 is 0 Å². The predicted octanol–water partition coefficient (Wildman–Crippen LogP) is 6.81. The van der Waals surface area contributed by atoms with Crippen LogP contribution in [0, 0.1) is 6.92 Å². The average molecular weight is 505 g/mol. The first kappa shape index (κ1) is 23.8. The van der Waals surface area contributed by atoms with Crippen LogP contribution >= 0.6 is 0 Å². The Kier molecular flexibility index (Phi) is 6.08. The van der Waals surface area contributed by atoms with Crippen molar-refractivity contribution < 1.29 is 18.7 Å².